The summed E-state index contributed by atoms with van der Waals surface area (Å²) in [7, 11) is 0. The predicted octanol–water partition coefficient (Wildman–Crippen LogP) is 0.558. The molecule has 1 fully saturated rings. The van der Waals surface area contributed by atoms with Crippen LogP contribution >= 0.6 is 0 Å². The van der Waals surface area contributed by atoms with E-state index in [1.807, 2.05) is 0 Å². The second-order valence-electron chi connectivity index (χ2n) is 4.45. The molecule has 102 valence electrons. The zero-order valence-electron chi connectivity index (χ0n) is 10.9. The summed E-state index contributed by atoms with van der Waals surface area (Å²) in [5.74, 6) is -1.35. The number of aromatic nitrogens is 1. The van der Waals surface area contributed by atoms with Crippen molar-refractivity contribution in [2.75, 3.05) is 32.7 Å². The van der Waals surface area contributed by atoms with Crippen molar-refractivity contribution in [3.8, 4) is 0 Å². The van der Waals surface area contributed by atoms with E-state index in [-0.39, 0.29) is 17.0 Å². The Hall–Kier alpha value is -1.95. The lowest BCUT2D eigenvalue weighted by molar-refractivity contribution is 0.0620. The minimum atomic E-state index is -1.12. The van der Waals surface area contributed by atoms with Gasteiger partial charge in [0.25, 0.3) is 5.91 Å². The third-order valence-corrected chi connectivity index (χ3v) is 3.39. The van der Waals surface area contributed by atoms with Gasteiger partial charge in [-0.3, -0.25) is 9.78 Å². The van der Waals surface area contributed by atoms with Crippen LogP contribution in [0, 0.1) is 0 Å². The third kappa shape index (κ3) is 2.90. The molecule has 0 bridgehead atoms. The lowest BCUT2D eigenvalue weighted by atomic mass is 10.1. The molecular weight excluding hydrogens is 246 g/mol. The van der Waals surface area contributed by atoms with E-state index in [2.05, 4.69) is 16.8 Å². The molecule has 1 aliphatic rings. The highest BCUT2D eigenvalue weighted by Crippen LogP contribution is 2.12. The number of likely N-dealkylation sites (N-methyl/N-ethyl adjacent to an activating group) is 1. The molecule has 19 heavy (non-hydrogen) atoms. The van der Waals surface area contributed by atoms with Gasteiger partial charge < -0.3 is 14.9 Å². The molecule has 1 aromatic heterocycles. The molecule has 1 aliphatic heterocycles. The van der Waals surface area contributed by atoms with Gasteiger partial charge in [-0.1, -0.05) is 6.92 Å². The molecule has 1 saturated heterocycles. The molecule has 6 nitrogen and oxygen atoms in total. The van der Waals surface area contributed by atoms with Crippen LogP contribution in [0.15, 0.2) is 18.5 Å². The van der Waals surface area contributed by atoms with Crippen molar-refractivity contribution in [1.82, 2.24) is 14.8 Å². The zero-order chi connectivity index (χ0) is 13.8. The van der Waals surface area contributed by atoms with Crippen LogP contribution < -0.4 is 0 Å². The fourth-order valence-electron chi connectivity index (χ4n) is 2.19. The number of carbonyl (C=O) groups is 2. The summed E-state index contributed by atoms with van der Waals surface area (Å²) in [6.07, 6.45) is 2.67. The van der Waals surface area contributed by atoms with Crippen LogP contribution in [0.1, 0.15) is 27.6 Å². The molecule has 2 heterocycles. The molecule has 1 N–H and O–H groups in total. The molecule has 2 rings (SSSR count). The third-order valence-electron chi connectivity index (χ3n) is 3.39. The highest BCUT2D eigenvalue weighted by molar-refractivity contribution is 6.04. The Kier molecular flexibility index (Phi) is 4.11. The molecule has 0 radical (unpaired) electrons. The number of piperazine rings is 1. The van der Waals surface area contributed by atoms with Gasteiger partial charge in [0.1, 0.15) is 0 Å². The molecule has 0 spiro atoms. The zero-order valence-corrected chi connectivity index (χ0v) is 10.9. The minimum absolute atomic E-state index is 0.0366. The second-order valence-corrected chi connectivity index (χ2v) is 4.45. The number of aromatic carboxylic acids is 1. The van der Waals surface area contributed by atoms with Crippen LogP contribution in [0.2, 0.25) is 0 Å². The molecule has 0 aliphatic carbocycles. The van der Waals surface area contributed by atoms with E-state index >= 15 is 0 Å². The van der Waals surface area contributed by atoms with E-state index in [4.69, 9.17) is 5.11 Å². The van der Waals surface area contributed by atoms with Crippen LogP contribution in [0.5, 0.6) is 0 Å². The Labute approximate surface area is 111 Å². The average Bonchev–Trinajstić information content (AvgIpc) is 2.46. The Morgan fingerprint density at radius 1 is 1.26 bits per heavy atom. The van der Waals surface area contributed by atoms with Crippen molar-refractivity contribution >= 4 is 11.9 Å². The van der Waals surface area contributed by atoms with E-state index in [0.717, 1.165) is 19.6 Å². The first-order valence-electron chi connectivity index (χ1n) is 6.32. The summed E-state index contributed by atoms with van der Waals surface area (Å²) >= 11 is 0. The van der Waals surface area contributed by atoms with Crippen molar-refractivity contribution < 1.29 is 14.7 Å². The maximum absolute atomic E-state index is 12.3. The molecule has 0 atom stereocenters. The number of carboxylic acid groups (broad SMARTS) is 1. The fourth-order valence-corrected chi connectivity index (χ4v) is 2.19. The Bertz CT molecular complexity index is 482. The Balaban J connectivity index is 2.15. The van der Waals surface area contributed by atoms with Crippen LogP contribution in [0.3, 0.4) is 0 Å². The fraction of sp³-hybridized carbons (Fsp3) is 0.462. The van der Waals surface area contributed by atoms with E-state index in [9.17, 15) is 9.59 Å². The number of hydrogen-bond acceptors (Lipinski definition) is 4. The summed E-state index contributed by atoms with van der Waals surface area (Å²) < 4.78 is 0. The van der Waals surface area contributed by atoms with Gasteiger partial charge >= 0.3 is 5.97 Å². The first kappa shape index (κ1) is 13.5. The molecular formula is C13H17N3O3. The summed E-state index contributed by atoms with van der Waals surface area (Å²) in [5, 5.41) is 9.07. The van der Waals surface area contributed by atoms with Gasteiger partial charge in [-0.25, -0.2) is 4.79 Å². The SMILES string of the molecule is CCN1CCN(C(=O)c2ccncc2C(=O)O)CC1. The largest absolute Gasteiger partial charge is 0.478 e. The van der Waals surface area contributed by atoms with E-state index < -0.39 is 5.97 Å². The second kappa shape index (κ2) is 5.79. The van der Waals surface area contributed by atoms with Crippen molar-refractivity contribution in [2.24, 2.45) is 0 Å². The first-order valence-corrected chi connectivity index (χ1v) is 6.32. The van der Waals surface area contributed by atoms with E-state index in [1.54, 1.807) is 4.90 Å². The number of carboxylic acids is 1. The van der Waals surface area contributed by atoms with Crippen molar-refractivity contribution in [1.29, 1.82) is 0 Å². The monoisotopic (exact) mass is 263 g/mol. The summed E-state index contributed by atoms with van der Waals surface area (Å²) in [6, 6.07) is 1.47. The normalized spacial score (nSPS) is 16.4. The van der Waals surface area contributed by atoms with Crippen LogP contribution in [0.4, 0.5) is 0 Å². The number of rotatable bonds is 3. The van der Waals surface area contributed by atoms with Gasteiger partial charge in [0, 0.05) is 38.6 Å². The van der Waals surface area contributed by atoms with Gasteiger partial charge in [0.2, 0.25) is 0 Å². The number of pyridine rings is 1. The maximum Gasteiger partial charge on any atom is 0.338 e. The maximum atomic E-state index is 12.3. The molecule has 0 saturated carbocycles. The number of nitrogens with zero attached hydrogens (tertiary/aromatic N) is 3. The van der Waals surface area contributed by atoms with Crippen molar-refractivity contribution in [3.05, 3.63) is 29.6 Å². The van der Waals surface area contributed by atoms with E-state index in [1.165, 1.54) is 18.5 Å². The summed E-state index contributed by atoms with van der Waals surface area (Å²) in [4.78, 5) is 31.1. The van der Waals surface area contributed by atoms with Crippen LogP contribution in [-0.2, 0) is 0 Å². The van der Waals surface area contributed by atoms with Crippen molar-refractivity contribution in [2.45, 2.75) is 6.92 Å². The predicted molar refractivity (Wildman–Crippen MR) is 69.2 cm³/mol. The number of hydrogen-bond donors (Lipinski definition) is 1. The topological polar surface area (TPSA) is 73.7 Å². The average molecular weight is 263 g/mol. The van der Waals surface area contributed by atoms with E-state index in [0.29, 0.717) is 13.1 Å². The highest BCUT2D eigenvalue weighted by atomic mass is 16.4. The lowest BCUT2D eigenvalue weighted by Crippen LogP contribution is -2.48. The summed E-state index contributed by atoms with van der Waals surface area (Å²) in [5.41, 5.74) is 0.179. The molecule has 0 aromatic carbocycles. The standard InChI is InChI=1S/C13H17N3O3/c1-2-15-5-7-16(8-6-15)12(17)10-3-4-14-9-11(10)13(18)19/h3-4,9H,2,5-8H2,1H3,(H,18,19). The van der Waals surface area contributed by atoms with Crippen molar-refractivity contribution in [3.63, 3.8) is 0 Å². The van der Waals surface area contributed by atoms with Gasteiger partial charge in [-0.2, -0.15) is 0 Å². The van der Waals surface area contributed by atoms with Gasteiger partial charge in [-0.15, -0.1) is 0 Å². The Morgan fingerprint density at radius 2 is 1.95 bits per heavy atom. The molecule has 1 aromatic rings. The Morgan fingerprint density at radius 3 is 2.53 bits per heavy atom. The van der Waals surface area contributed by atoms with Gasteiger partial charge in [0.05, 0.1) is 11.1 Å². The lowest BCUT2D eigenvalue weighted by Gasteiger charge is -2.34. The summed E-state index contributed by atoms with van der Waals surface area (Å²) in [6.45, 7) is 5.98. The highest BCUT2D eigenvalue weighted by Gasteiger charge is 2.24. The van der Waals surface area contributed by atoms with Crippen LogP contribution in [0.25, 0.3) is 0 Å². The minimum Gasteiger partial charge on any atom is -0.478 e. The smallest absolute Gasteiger partial charge is 0.338 e. The molecule has 1 amide bonds. The van der Waals surface area contributed by atoms with Gasteiger partial charge in [0.15, 0.2) is 0 Å². The quantitative estimate of drug-likeness (QED) is 0.862. The van der Waals surface area contributed by atoms with Crippen LogP contribution in [-0.4, -0.2) is 64.5 Å². The number of carbonyl (C=O) groups excluding carboxylic acids is 1. The molecule has 0 unspecified atom stereocenters. The first-order chi connectivity index (χ1) is 9.13. The number of amides is 1. The van der Waals surface area contributed by atoms with Gasteiger partial charge in [-0.05, 0) is 12.6 Å². The molecule has 6 heteroatoms.